The first kappa shape index (κ1) is 22.7. The summed E-state index contributed by atoms with van der Waals surface area (Å²) in [6.07, 6.45) is 0. The summed E-state index contributed by atoms with van der Waals surface area (Å²) in [5.41, 5.74) is 0.612. The van der Waals surface area contributed by atoms with E-state index in [0.717, 1.165) is 19.6 Å². The molecule has 2 aromatic carbocycles. The molecule has 1 aromatic heterocycles. The number of nitrogens with one attached hydrogen (secondary N) is 2. The maximum absolute atomic E-state index is 12.5. The van der Waals surface area contributed by atoms with Gasteiger partial charge in [-0.3, -0.25) is 10.2 Å². The van der Waals surface area contributed by atoms with Gasteiger partial charge in [0.2, 0.25) is 0 Å². The smallest absolute Gasteiger partial charge is 0.340 e. The molecule has 0 radical (unpaired) electrons. The average molecular weight is 497 g/mol. The van der Waals surface area contributed by atoms with E-state index in [2.05, 4.69) is 20.5 Å². The molecule has 12 heteroatoms. The summed E-state index contributed by atoms with van der Waals surface area (Å²) in [6.45, 7) is 4.40. The van der Waals surface area contributed by atoms with Crippen LogP contribution in [0, 0.1) is 0 Å². The largest absolute Gasteiger partial charge is 0.379 e. The molecule has 1 fully saturated rings. The summed E-state index contributed by atoms with van der Waals surface area (Å²) in [6, 6.07) is 10.4. The topological polar surface area (TPSA) is 110 Å². The van der Waals surface area contributed by atoms with Gasteiger partial charge in [-0.2, -0.15) is 8.42 Å². The Morgan fingerprint density at radius 3 is 2.78 bits per heavy atom. The van der Waals surface area contributed by atoms with E-state index in [1.165, 1.54) is 29.5 Å². The van der Waals surface area contributed by atoms with Crippen LogP contribution >= 0.6 is 22.9 Å². The Bertz CT molecular complexity index is 1210. The van der Waals surface area contributed by atoms with Crippen LogP contribution in [0.4, 0.5) is 9.93 Å². The lowest BCUT2D eigenvalue weighted by atomic mass is 10.3. The third kappa shape index (κ3) is 5.67. The van der Waals surface area contributed by atoms with Crippen molar-refractivity contribution in [2.24, 2.45) is 0 Å². The van der Waals surface area contributed by atoms with Gasteiger partial charge in [-0.25, -0.2) is 9.78 Å². The second-order valence-electron chi connectivity index (χ2n) is 6.95. The molecule has 32 heavy (non-hydrogen) atoms. The van der Waals surface area contributed by atoms with Crippen LogP contribution in [-0.4, -0.2) is 63.7 Å². The first-order valence-corrected chi connectivity index (χ1v) is 12.5. The number of hydrogen-bond acceptors (Lipinski definition) is 8. The Morgan fingerprint density at radius 2 is 2.00 bits per heavy atom. The van der Waals surface area contributed by atoms with Crippen LogP contribution in [0.25, 0.3) is 10.2 Å². The lowest BCUT2D eigenvalue weighted by molar-refractivity contribution is 0.0388. The second kappa shape index (κ2) is 10.0. The van der Waals surface area contributed by atoms with Gasteiger partial charge in [0.1, 0.15) is 10.6 Å². The van der Waals surface area contributed by atoms with Crippen LogP contribution in [0.3, 0.4) is 0 Å². The standard InChI is InChI=1S/C20H21ClN4O5S2/c21-15-3-1-2-4-18(15)32(27,28)30-14-5-6-16-17(13-14)31-20(23-16)24-19(26)22-7-8-25-9-11-29-12-10-25/h1-6,13H,7-12H2,(H2,22,23,24,26). The van der Waals surface area contributed by atoms with Crippen LogP contribution in [0.2, 0.25) is 5.02 Å². The van der Waals surface area contributed by atoms with E-state index >= 15 is 0 Å². The normalized spacial score (nSPS) is 14.9. The van der Waals surface area contributed by atoms with Gasteiger partial charge < -0.3 is 14.2 Å². The van der Waals surface area contributed by atoms with E-state index in [1.54, 1.807) is 24.3 Å². The number of benzene rings is 2. The van der Waals surface area contributed by atoms with Crippen molar-refractivity contribution in [3.8, 4) is 5.75 Å². The van der Waals surface area contributed by atoms with E-state index < -0.39 is 10.1 Å². The van der Waals surface area contributed by atoms with Crippen molar-refractivity contribution < 1.29 is 22.1 Å². The molecule has 0 unspecified atom stereocenters. The fourth-order valence-corrected chi connectivity index (χ4v) is 5.43. The SMILES string of the molecule is O=C(NCCN1CCOCC1)Nc1nc2ccc(OS(=O)(=O)c3ccccc3Cl)cc2s1. The monoisotopic (exact) mass is 496 g/mol. The number of morpholine rings is 1. The molecule has 9 nitrogen and oxygen atoms in total. The summed E-state index contributed by atoms with van der Waals surface area (Å²) in [7, 11) is -4.08. The molecule has 3 aromatic rings. The lowest BCUT2D eigenvalue weighted by Gasteiger charge is -2.26. The van der Waals surface area contributed by atoms with E-state index in [4.69, 9.17) is 20.5 Å². The van der Waals surface area contributed by atoms with E-state index in [-0.39, 0.29) is 21.7 Å². The summed E-state index contributed by atoms with van der Waals surface area (Å²) in [4.78, 5) is 18.6. The number of thiazole rings is 1. The van der Waals surface area contributed by atoms with Gasteiger partial charge in [0, 0.05) is 32.2 Å². The highest BCUT2D eigenvalue weighted by molar-refractivity contribution is 7.87. The molecule has 2 amide bonds. The van der Waals surface area contributed by atoms with Gasteiger partial charge in [-0.15, -0.1) is 0 Å². The van der Waals surface area contributed by atoms with Crippen molar-refractivity contribution in [3.63, 3.8) is 0 Å². The Labute approximate surface area is 194 Å². The highest BCUT2D eigenvalue weighted by Crippen LogP contribution is 2.31. The van der Waals surface area contributed by atoms with E-state index in [0.29, 0.717) is 35.1 Å². The third-order valence-corrected chi connectivity index (χ3v) is 7.39. The van der Waals surface area contributed by atoms with Gasteiger partial charge in [-0.05, 0) is 24.3 Å². The quantitative estimate of drug-likeness (QED) is 0.483. The van der Waals surface area contributed by atoms with Crippen molar-refractivity contribution >= 4 is 54.4 Å². The predicted octanol–water partition coefficient (Wildman–Crippen LogP) is 3.17. The molecule has 1 saturated heterocycles. The fourth-order valence-electron chi connectivity index (χ4n) is 3.12. The Morgan fingerprint density at radius 1 is 1.22 bits per heavy atom. The lowest BCUT2D eigenvalue weighted by Crippen LogP contribution is -2.42. The number of urea groups is 1. The van der Waals surface area contributed by atoms with Gasteiger partial charge in [0.25, 0.3) is 0 Å². The average Bonchev–Trinajstić information content (AvgIpc) is 3.15. The predicted molar refractivity (Wildman–Crippen MR) is 123 cm³/mol. The summed E-state index contributed by atoms with van der Waals surface area (Å²) < 4.78 is 36.3. The minimum atomic E-state index is -4.08. The highest BCUT2D eigenvalue weighted by Gasteiger charge is 2.20. The number of rotatable bonds is 7. The van der Waals surface area contributed by atoms with E-state index in [9.17, 15) is 13.2 Å². The van der Waals surface area contributed by atoms with Crippen molar-refractivity contribution in [2.45, 2.75) is 4.90 Å². The number of ether oxygens (including phenoxy) is 1. The number of carbonyl (C=O) groups is 1. The van der Waals surface area contributed by atoms with Gasteiger partial charge in [0.05, 0.1) is 28.5 Å². The molecule has 0 aliphatic carbocycles. The molecule has 0 spiro atoms. The zero-order valence-corrected chi connectivity index (χ0v) is 19.3. The van der Waals surface area contributed by atoms with Crippen LogP contribution in [0.15, 0.2) is 47.4 Å². The molecular weight excluding hydrogens is 476 g/mol. The summed E-state index contributed by atoms with van der Waals surface area (Å²) in [5, 5.41) is 5.99. The zero-order chi connectivity index (χ0) is 22.6. The molecule has 1 aliphatic heterocycles. The molecule has 2 N–H and O–H groups in total. The Kier molecular flexibility index (Phi) is 7.11. The van der Waals surface area contributed by atoms with Crippen LogP contribution in [0.5, 0.6) is 5.75 Å². The highest BCUT2D eigenvalue weighted by atomic mass is 35.5. The number of amides is 2. The zero-order valence-electron chi connectivity index (χ0n) is 16.9. The van der Waals surface area contributed by atoms with Gasteiger partial charge in [0.15, 0.2) is 5.13 Å². The molecule has 2 heterocycles. The van der Waals surface area contributed by atoms with Crippen molar-refractivity contribution in [1.82, 2.24) is 15.2 Å². The van der Waals surface area contributed by atoms with Crippen LogP contribution in [-0.2, 0) is 14.9 Å². The molecule has 4 rings (SSSR count). The summed E-state index contributed by atoms with van der Waals surface area (Å²) >= 11 is 7.20. The number of hydrogen-bond donors (Lipinski definition) is 2. The maximum Gasteiger partial charge on any atom is 0.340 e. The molecular formula is C20H21ClN4O5S2. The Hall–Kier alpha value is -2.44. The van der Waals surface area contributed by atoms with E-state index in [1.807, 2.05) is 0 Å². The Balaban J connectivity index is 1.37. The number of carbonyl (C=O) groups excluding carboxylic acids is 1. The minimum Gasteiger partial charge on any atom is -0.379 e. The van der Waals surface area contributed by atoms with Gasteiger partial charge in [-0.1, -0.05) is 35.1 Å². The van der Waals surface area contributed by atoms with Gasteiger partial charge >= 0.3 is 16.1 Å². The first-order valence-electron chi connectivity index (χ1n) is 9.85. The molecule has 0 atom stereocenters. The number of fused-ring (bicyclic) bond motifs is 1. The maximum atomic E-state index is 12.5. The molecule has 0 saturated carbocycles. The third-order valence-electron chi connectivity index (χ3n) is 4.71. The molecule has 0 bridgehead atoms. The fraction of sp³-hybridized carbons (Fsp3) is 0.300. The van der Waals surface area contributed by atoms with Crippen LogP contribution in [0.1, 0.15) is 0 Å². The molecule has 170 valence electrons. The van der Waals surface area contributed by atoms with Crippen molar-refractivity contribution in [2.75, 3.05) is 44.7 Å². The van der Waals surface area contributed by atoms with Crippen LogP contribution < -0.4 is 14.8 Å². The minimum absolute atomic E-state index is 0.0810. The first-order chi connectivity index (χ1) is 15.4. The van der Waals surface area contributed by atoms with Crippen molar-refractivity contribution in [1.29, 1.82) is 0 Å². The second-order valence-corrected chi connectivity index (χ2v) is 9.90. The number of halogens is 1. The molecule has 1 aliphatic rings. The summed E-state index contributed by atoms with van der Waals surface area (Å²) in [5.74, 6) is 0.127. The number of nitrogens with zero attached hydrogens (tertiary/aromatic N) is 2. The number of aromatic nitrogens is 1. The van der Waals surface area contributed by atoms with Crippen molar-refractivity contribution in [3.05, 3.63) is 47.5 Å². The number of anilines is 1.